The highest BCUT2D eigenvalue weighted by atomic mass is 32.2. The number of hydrogen-bond donors (Lipinski definition) is 3. The van der Waals surface area contributed by atoms with Crippen LogP contribution in [0.4, 0.5) is 4.79 Å². The number of furan rings is 1. The molecule has 148 valence electrons. The van der Waals surface area contributed by atoms with E-state index in [9.17, 15) is 13.2 Å². The minimum Gasteiger partial charge on any atom is -0.466 e. The van der Waals surface area contributed by atoms with Crippen LogP contribution in [-0.4, -0.2) is 27.5 Å². The fraction of sp³-hybridized carbons (Fsp3) is 0.421. The number of carbonyl (C=O) groups excluding carboxylic acids is 1. The molecule has 2 aromatic rings. The molecular weight excluding hydrogens is 366 g/mol. The van der Waals surface area contributed by atoms with Gasteiger partial charge >= 0.3 is 6.03 Å². The molecule has 1 atom stereocenters. The van der Waals surface area contributed by atoms with Gasteiger partial charge in [-0.1, -0.05) is 12.1 Å². The predicted octanol–water partition coefficient (Wildman–Crippen LogP) is 2.85. The van der Waals surface area contributed by atoms with Gasteiger partial charge < -0.3 is 15.1 Å². The second kappa shape index (κ2) is 8.58. The van der Waals surface area contributed by atoms with E-state index in [4.69, 9.17) is 4.42 Å². The molecule has 7 nitrogen and oxygen atoms in total. The number of nitrogens with one attached hydrogen (secondary N) is 3. The minimum atomic E-state index is -3.61. The Kier molecular flexibility index (Phi) is 6.67. The van der Waals surface area contributed by atoms with E-state index in [1.54, 1.807) is 19.1 Å². The van der Waals surface area contributed by atoms with Gasteiger partial charge in [0.15, 0.2) is 0 Å². The summed E-state index contributed by atoms with van der Waals surface area (Å²) in [6.07, 6.45) is 0. The molecule has 0 aliphatic heterocycles. The van der Waals surface area contributed by atoms with Crippen LogP contribution in [0.25, 0.3) is 0 Å². The second-order valence-electron chi connectivity index (χ2n) is 6.66. The Morgan fingerprint density at radius 1 is 1.11 bits per heavy atom. The van der Waals surface area contributed by atoms with Crippen LogP contribution in [0.15, 0.2) is 33.6 Å². The van der Waals surface area contributed by atoms with Gasteiger partial charge in [-0.25, -0.2) is 17.9 Å². The quantitative estimate of drug-likeness (QED) is 0.630. The number of aryl methyl sites for hydroxylation is 4. The lowest BCUT2D eigenvalue weighted by Crippen LogP contribution is -2.41. The van der Waals surface area contributed by atoms with E-state index in [1.165, 1.54) is 0 Å². The fourth-order valence-corrected chi connectivity index (χ4v) is 4.20. The molecule has 2 amide bonds. The van der Waals surface area contributed by atoms with Crippen molar-refractivity contribution in [2.24, 2.45) is 0 Å². The molecule has 0 fully saturated rings. The summed E-state index contributed by atoms with van der Waals surface area (Å²) in [5, 5.41) is 5.46. The van der Waals surface area contributed by atoms with Crippen molar-refractivity contribution in [3.63, 3.8) is 0 Å². The Labute approximate surface area is 160 Å². The Bertz CT molecular complexity index is 919. The number of benzene rings is 1. The van der Waals surface area contributed by atoms with Gasteiger partial charge in [0, 0.05) is 18.7 Å². The Morgan fingerprint density at radius 3 is 2.44 bits per heavy atom. The lowest BCUT2D eigenvalue weighted by molar-refractivity contribution is 0.238. The highest BCUT2D eigenvalue weighted by Crippen LogP contribution is 2.21. The standard InChI is InChI=1S/C19H27N3O4S/c1-12-6-7-13(2)18(10-12)27(24,25)21-9-8-20-19(23)22-15(4)17-11-14(3)26-16(17)5/h6-7,10-11,15,21H,8-9H2,1-5H3,(H2,20,22,23). The Morgan fingerprint density at radius 2 is 1.81 bits per heavy atom. The van der Waals surface area contributed by atoms with E-state index < -0.39 is 10.0 Å². The third kappa shape index (κ3) is 5.58. The molecule has 3 N–H and O–H groups in total. The molecule has 0 radical (unpaired) electrons. The zero-order chi connectivity index (χ0) is 20.2. The van der Waals surface area contributed by atoms with Crippen LogP contribution in [-0.2, 0) is 10.0 Å². The SMILES string of the molecule is Cc1ccc(C)c(S(=O)(=O)NCCNC(=O)NC(C)c2cc(C)oc2C)c1. The molecule has 0 spiro atoms. The topological polar surface area (TPSA) is 100 Å². The maximum Gasteiger partial charge on any atom is 0.315 e. The first kappa shape index (κ1) is 21.0. The number of carbonyl (C=O) groups is 1. The molecule has 0 saturated heterocycles. The lowest BCUT2D eigenvalue weighted by Gasteiger charge is -2.14. The van der Waals surface area contributed by atoms with Crippen LogP contribution >= 0.6 is 0 Å². The molecule has 27 heavy (non-hydrogen) atoms. The van der Waals surface area contributed by atoms with Crippen molar-refractivity contribution >= 4 is 16.1 Å². The van der Waals surface area contributed by atoms with E-state index in [2.05, 4.69) is 15.4 Å². The third-order valence-corrected chi connectivity index (χ3v) is 5.83. The van der Waals surface area contributed by atoms with Crippen LogP contribution in [0.2, 0.25) is 0 Å². The second-order valence-corrected chi connectivity index (χ2v) is 8.39. The maximum absolute atomic E-state index is 12.4. The van der Waals surface area contributed by atoms with Crippen molar-refractivity contribution < 1.29 is 17.6 Å². The van der Waals surface area contributed by atoms with Crippen molar-refractivity contribution in [2.75, 3.05) is 13.1 Å². The highest BCUT2D eigenvalue weighted by molar-refractivity contribution is 7.89. The number of amides is 2. The fourth-order valence-electron chi connectivity index (χ4n) is 2.84. The van der Waals surface area contributed by atoms with Gasteiger partial charge in [0.25, 0.3) is 0 Å². The molecule has 0 saturated carbocycles. The third-order valence-electron chi connectivity index (χ3n) is 4.23. The summed E-state index contributed by atoms with van der Waals surface area (Å²) in [7, 11) is -3.61. The van der Waals surface area contributed by atoms with Crippen molar-refractivity contribution in [1.29, 1.82) is 0 Å². The summed E-state index contributed by atoms with van der Waals surface area (Å²) in [6.45, 7) is 9.43. The van der Waals surface area contributed by atoms with Gasteiger partial charge in [-0.2, -0.15) is 0 Å². The molecule has 1 unspecified atom stereocenters. The average molecular weight is 394 g/mol. The summed E-state index contributed by atoms with van der Waals surface area (Å²) >= 11 is 0. The van der Waals surface area contributed by atoms with Crippen molar-refractivity contribution in [3.8, 4) is 0 Å². The van der Waals surface area contributed by atoms with E-state index in [1.807, 2.05) is 39.8 Å². The van der Waals surface area contributed by atoms with E-state index in [-0.39, 0.29) is 30.1 Å². The minimum absolute atomic E-state index is 0.0986. The first-order valence-electron chi connectivity index (χ1n) is 8.78. The number of sulfonamides is 1. The van der Waals surface area contributed by atoms with Gasteiger partial charge in [-0.3, -0.25) is 0 Å². The number of rotatable bonds is 7. The normalized spacial score (nSPS) is 12.6. The Hall–Kier alpha value is -2.32. The van der Waals surface area contributed by atoms with Gasteiger partial charge in [0.05, 0.1) is 10.9 Å². The van der Waals surface area contributed by atoms with Crippen LogP contribution in [0.5, 0.6) is 0 Å². The van der Waals surface area contributed by atoms with Gasteiger partial charge in [-0.05, 0) is 57.9 Å². The highest BCUT2D eigenvalue weighted by Gasteiger charge is 2.17. The van der Waals surface area contributed by atoms with Crippen LogP contribution in [0.3, 0.4) is 0 Å². The lowest BCUT2D eigenvalue weighted by atomic mass is 10.1. The maximum atomic E-state index is 12.4. The van der Waals surface area contributed by atoms with Crippen LogP contribution in [0, 0.1) is 27.7 Å². The van der Waals surface area contributed by atoms with E-state index in [0.29, 0.717) is 5.56 Å². The molecule has 0 bridgehead atoms. The Balaban J connectivity index is 1.83. The zero-order valence-electron chi connectivity index (χ0n) is 16.3. The average Bonchev–Trinajstić information content (AvgIpc) is 2.92. The van der Waals surface area contributed by atoms with Gasteiger partial charge in [-0.15, -0.1) is 0 Å². The van der Waals surface area contributed by atoms with Crippen LogP contribution < -0.4 is 15.4 Å². The van der Waals surface area contributed by atoms with E-state index >= 15 is 0 Å². The van der Waals surface area contributed by atoms with Crippen molar-refractivity contribution in [3.05, 3.63) is 52.5 Å². The summed E-state index contributed by atoms with van der Waals surface area (Å²) in [5.74, 6) is 1.55. The zero-order valence-corrected chi connectivity index (χ0v) is 17.2. The molecule has 1 aromatic heterocycles. The first-order chi connectivity index (χ1) is 12.6. The smallest absolute Gasteiger partial charge is 0.315 e. The summed E-state index contributed by atoms with van der Waals surface area (Å²) in [6, 6.07) is 6.58. The first-order valence-corrected chi connectivity index (χ1v) is 10.3. The number of urea groups is 1. The predicted molar refractivity (Wildman–Crippen MR) is 104 cm³/mol. The van der Waals surface area contributed by atoms with Crippen molar-refractivity contribution in [2.45, 2.75) is 45.6 Å². The van der Waals surface area contributed by atoms with Gasteiger partial charge in [0.2, 0.25) is 10.0 Å². The molecule has 2 rings (SSSR count). The molecule has 0 aliphatic carbocycles. The van der Waals surface area contributed by atoms with Gasteiger partial charge in [0.1, 0.15) is 11.5 Å². The molecular formula is C19H27N3O4S. The summed E-state index contributed by atoms with van der Waals surface area (Å²) in [4.78, 5) is 12.3. The molecule has 1 heterocycles. The molecule has 1 aromatic carbocycles. The van der Waals surface area contributed by atoms with E-state index in [0.717, 1.165) is 22.6 Å². The number of hydrogen-bond acceptors (Lipinski definition) is 4. The monoisotopic (exact) mass is 393 g/mol. The molecule has 0 aliphatic rings. The summed E-state index contributed by atoms with van der Waals surface area (Å²) in [5.41, 5.74) is 2.47. The van der Waals surface area contributed by atoms with Crippen molar-refractivity contribution in [1.82, 2.24) is 15.4 Å². The van der Waals surface area contributed by atoms with Crippen LogP contribution in [0.1, 0.15) is 41.2 Å². The largest absolute Gasteiger partial charge is 0.466 e. The summed E-state index contributed by atoms with van der Waals surface area (Å²) < 4.78 is 32.8. The molecule has 8 heteroatoms.